The first-order chi connectivity index (χ1) is 17.6. The summed E-state index contributed by atoms with van der Waals surface area (Å²) in [5, 5.41) is 7.38. The maximum atomic E-state index is 13.3. The molecule has 0 saturated carbocycles. The lowest BCUT2D eigenvalue weighted by Crippen LogP contribution is -2.46. The highest BCUT2D eigenvalue weighted by Crippen LogP contribution is 2.40. The van der Waals surface area contributed by atoms with E-state index in [9.17, 15) is 4.79 Å². The quantitative estimate of drug-likeness (QED) is 0.343. The summed E-state index contributed by atoms with van der Waals surface area (Å²) in [6, 6.07) is 22.4. The predicted molar refractivity (Wildman–Crippen MR) is 137 cm³/mol. The van der Waals surface area contributed by atoms with Gasteiger partial charge in [0.2, 0.25) is 12.6 Å². The number of carbonyl (C=O) groups excluding carboxylic acids is 1. The molecule has 3 aromatic carbocycles. The van der Waals surface area contributed by atoms with Crippen molar-refractivity contribution in [2.45, 2.75) is 17.9 Å². The third-order valence-electron chi connectivity index (χ3n) is 6.24. The molecule has 0 radical (unpaired) electrons. The second-order valence-corrected chi connectivity index (χ2v) is 9.20. The Morgan fingerprint density at radius 3 is 2.56 bits per heavy atom. The molecule has 36 heavy (non-hydrogen) atoms. The van der Waals surface area contributed by atoms with Crippen LogP contribution in [-0.2, 0) is 0 Å². The molecule has 180 valence electrons. The molecule has 0 saturated heterocycles. The molecule has 2 aliphatic heterocycles. The zero-order valence-corrected chi connectivity index (χ0v) is 20.4. The van der Waals surface area contributed by atoms with Gasteiger partial charge in [-0.2, -0.15) is 4.98 Å². The fourth-order valence-corrected chi connectivity index (χ4v) is 4.85. The number of anilines is 1. The minimum absolute atomic E-state index is 0.189. The van der Waals surface area contributed by atoms with Crippen LogP contribution in [0.4, 0.5) is 10.5 Å². The Bertz CT molecular complexity index is 1470. The Morgan fingerprint density at radius 1 is 1.00 bits per heavy atom. The minimum Gasteiger partial charge on any atom is -0.454 e. The second kappa shape index (κ2) is 9.09. The summed E-state index contributed by atoms with van der Waals surface area (Å²) >= 11 is 1.66. The Kier molecular flexibility index (Phi) is 5.61. The van der Waals surface area contributed by atoms with E-state index in [4.69, 9.17) is 19.0 Å². The van der Waals surface area contributed by atoms with E-state index in [-0.39, 0.29) is 12.8 Å². The highest BCUT2D eigenvalue weighted by molar-refractivity contribution is 7.98. The van der Waals surface area contributed by atoms with Gasteiger partial charge in [-0.05, 0) is 61.2 Å². The number of benzene rings is 3. The number of hydrogen-bond acceptors (Lipinski definition) is 7. The number of carbonyl (C=O) groups is 1. The topological polar surface area (TPSA) is 89.7 Å². The van der Waals surface area contributed by atoms with Gasteiger partial charge < -0.3 is 19.3 Å². The van der Waals surface area contributed by atoms with Crippen LogP contribution >= 0.6 is 11.8 Å². The molecule has 1 unspecified atom stereocenters. The number of allylic oxidation sites excluding steroid dienone is 1. The third kappa shape index (κ3) is 3.87. The van der Waals surface area contributed by atoms with Gasteiger partial charge in [0, 0.05) is 16.2 Å². The predicted octanol–water partition coefficient (Wildman–Crippen LogP) is 5.89. The summed E-state index contributed by atoms with van der Waals surface area (Å²) < 4.78 is 16.7. The van der Waals surface area contributed by atoms with Crippen LogP contribution in [0.2, 0.25) is 0 Å². The summed E-state index contributed by atoms with van der Waals surface area (Å²) in [6.07, 6.45) is 2.03. The standard InChI is InChI=1S/C27H22N4O4S/c1-16-23(26-29-25(30-35-26)18-10-13-21-22(14-18)34-15-33-21)24(17-8-11-20(36-2)12-9-17)28-27(32)31(16)19-6-4-3-5-7-19/h3-14,24H,15H2,1-2H3,(H,28,32). The van der Waals surface area contributed by atoms with Gasteiger partial charge in [0.1, 0.15) is 0 Å². The van der Waals surface area contributed by atoms with Crippen LogP contribution < -0.4 is 19.7 Å². The van der Waals surface area contributed by atoms with Crippen LogP contribution in [0.15, 0.2) is 87.9 Å². The molecular formula is C27H22N4O4S. The molecule has 0 aliphatic carbocycles. The van der Waals surface area contributed by atoms with Crippen molar-refractivity contribution >= 4 is 29.1 Å². The largest absolute Gasteiger partial charge is 0.454 e. The molecule has 1 N–H and O–H groups in total. The molecule has 9 heteroatoms. The van der Waals surface area contributed by atoms with E-state index in [1.54, 1.807) is 16.7 Å². The van der Waals surface area contributed by atoms with E-state index in [2.05, 4.69) is 10.5 Å². The number of fused-ring (bicyclic) bond motifs is 1. The summed E-state index contributed by atoms with van der Waals surface area (Å²) in [5.41, 5.74) is 3.86. The SMILES string of the molecule is CSc1ccc(C2NC(=O)N(c3ccccc3)C(C)=C2c2nc(-c3ccc4c(c3)OCO4)no2)cc1. The fraction of sp³-hybridized carbons (Fsp3) is 0.148. The number of aromatic nitrogens is 2. The number of nitrogens with one attached hydrogen (secondary N) is 1. The average Bonchev–Trinajstić information content (AvgIpc) is 3.58. The fourth-order valence-electron chi connectivity index (χ4n) is 4.44. The van der Waals surface area contributed by atoms with Crippen molar-refractivity contribution in [3.63, 3.8) is 0 Å². The minimum atomic E-state index is -0.460. The molecule has 8 nitrogen and oxygen atoms in total. The monoisotopic (exact) mass is 498 g/mol. The van der Waals surface area contributed by atoms with E-state index in [0.717, 1.165) is 27.3 Å². The van der Waals surface area contributed by atoms with Gasteiger partial charge in [0.05, 0.1) is 17.3 Å². The average molecular weight is 499 g/mol. The van der Waals surface area contributed by atoms with Gasteiger partial charge >= 0.3 is 6.03 Å². The number of urea groups is 1. The molecule has 0 fully saturated rings. The molecular weight excluding hydrogens is 476 g/mol. The first kappa shape index (κ1) is 22.2. The van der Waals surface area contributed by atoms with Gasteiger partial charge in [0.15, 0.2) is 11.5 Å². The summed E-state index contributed by atoms with van der Waals surface area (Å²) in [6.45, 7) is 2.09. The van der Waals surface area contributed by atoms with Crippen molar-refractivity contribution in [1.29, 1.82) is 0 Å². The van der Waals surface area contributed by atoms with Crippen LogP contribution in [-0.4, -0.2) is 29.2 Å². The molecule has 3 heterocycles. The Labute approximate surface area is 211 Å². The van der Waals surface area contributed by atoms with Crippen molar-refractivity contribution < 1.29 is 18.8 Å². The maximum absolute atomic E-state index is 13.3. The molecule has 1 atom stereocenters. The number of rotatable bonds is 5. The van der Waals surface area contributed by atoms with Crippen molar-refractivity contribution in [1.82, 2.24) is 15.5 Å². The van der Waals surface area contributed by atoms with E-state index in [1.807, 2.05) is 86.0 Å². The first-order valence-corrected chi connectivity index (χ1v) is 12.6. The number of amides is 2. The molecule has 2 aliphatic rings. The Morgan fingerprint density at radius 2 is 1.78 bits per heavy atom. The van der Waals surface area contributed by atoms with Crippen molar-refractivity contribution in [2.24, 2.45) is 0 Å². The maximum Gasteiger partial charge on any atom is 0.326 e. The number of nitrogens with zero attached hydrogens (tertiary/aromatic N) is 3. The second-order valence-electron chi connectivity index (χ2n) is 8.32. The van der Waals surface area contributed by atoms with Gasteiger partial charge in [0.25, 0.3) is 5.89 Å². The summed E-state index contributed by atoms with van der Waals surface area (Å²) in [7, 11) is 0. The normalized spacial score (nSPS) is 16.9. The number of ether oxygens (including phenoxy) is 2. The van der Waals surface area contributed by atoms with E-state index >= 15 is 0 Å². The molecule has 0 spiro atoms. The van der Waals surface area contributed by atoms with Gasteiger partial charge in [-0.3, -0.25) is 4.90 Å². The van der Waals surface area contributed by atoms with Crippen molar-refractivity contribution in [2.75, 3.05) is 17.9 Å². The molecule has 6 rings (SSSR count). The first-order valence-electron chi connectivity index (χ1n) is 11.4. The van der Waals surface area contributed by atoms with Gasteiger partial charge in [-0.25, -0.2) is 4.79 Å². The lowest BCUT2D eigenvalue weighted by molar-refractivity contribution is 0.174. The molecule has 1 aromatic heterocycles. The summed E-state index contributed by atoms with van der Waals surface area (Å²) in [5.74, 6) is 2.08. The Hall–Kier alpha value is -4.24. The zero-order valence-electron chi connectivity index (χ0n) is 19.6. The van der Waals surface area contributed by atoms with Gasteiger partial charge in [-0.15, -0.1) is 11.8 Å². The molecule has 0 bridgehead atoms. The number of thioether (sulfide) groups is 1. The van der Waals surface area contributed by atoms with Gasteiger partial charge in [-0.1, -0.05) is 35.5 Å². The van der Waals surface area contributed by atoms with Crippen LogP contribution in [0.1, 0.15) is 24.4 Å². The lowest BCUT2D eigenvalue weighted by atomic mass is 9.94. The zero-order chi connectivity index (χ0) is 24.6. The number of hydrogen-bond donors (Lipinski definition) is 1. The highest BCUT2D eigenvalue weighted by Gasteiger charge is 2.36. The third-order valence-corrected chi connectivity index (χ3v) is 6.98. The van der Waals surface area contributed by atoms with E-state index in [0.29, 0.717) is 28.9 Å². The van der Waals surface area contributed by atoms with Crippen LogP contribution in [0.5, 0.6) is 11.5 Å². The smallest absolute Gasteiger partial charge is 0.326 e. The molecule has 2 amide bonds. The van der Waals surface area contributed by atoms with Crippen LogP contribution in [0.25, 0.3) is 17.0 Å². The van der Waals surface area contributed by atoms with E-state index in [1.165, 1.54) is 0 Å². The van der Waals surface area contributed by atoms with E-state index < -0.39 is 6.04 Å². The summed E-state index contributed by atoms with van der Waals surface area (Å²) in [4.78, 5) is 20.8. The molecule has 4 aromatic rings. The lowest BCUT2D eigenvalue weighted by Gasteiger charge is -2.35. The number of para-hydroxylation sites is 1. The highest BCUT2D eigenvalue weighted by atomic mass is 32.2. The van der Waals surface area contributed by atoms with Crippen molar-refractivity contribution in [3.05, 3.63) is 89.9 Å². The van der Waals surface area contributed by atoms with Crippen LogP contribution in [0, 0.1) is 0 Å². The Balaban J connectivity index is 1.46. The van der Waals surface area contributed by atoms with Crippen LogP contribution in [0.3, 0.4) is 0 Å². The van der Waals surface area contributed by atoms with Crippen molar-refractivity contribution in [3.8, 4) is 22.9 Å².